The van der Waals surface area contributed by atoms with Gasteiger partial charge in [-0.25, -0.2) is 4.98 Å². The molecule has 1 N–H and O–H groups in total. The Morgan fingerprint density at radius 1 is 1.39 bits per heavy atom. The van der Waals surface area contributed by atoms with E-state index < -0.39 is 0 Å². The summed E-state index contributed by atoms with van der Waals surface area (Å²) in [6.45, 7) is 2.52. The van der Waals surface area contributed by atoms with E-state index >= 15 is 0 Å². The first-order valence-corrected chi connectivity index (χ1v) is 6.97. The highest BCUT2D eigenvalue weighted by Crippen LogP contribution is 2.22. The van der Waals surface area contributed by atoms with Gasteiger partial charge < -0.3 is 10.1 Å². The van der Waals surface area contributed by atoms with Gasteiger partial charge in [0.2, 0.25) is 0 Å². The number of benzene rings is 1. The molecule has 0 spiro atoms. The van der Waals surface area contributed by atoms with Crippen molar-refractivity contribution in [1.82, 2.24) is 10.3 Å². The maximum Gasteiger partial charge on any atom is 0.110 e. The first kappa shape index (κ1) is 12.1. The lowest BCUT2D eigenvalue weighted by Crippen LogP contribution is -2.42. The van der Waals surface area contributed by atoms with Crippen molar-refractivity contribution in [2.75, 3.05) is 19.8 Å². The normalized spacial score (nSPS) is 20.2. The summed E-state index contributed by atoms with van der Waals surface area (Å²) >= 11 is 3.56. The zero-order valence-electron chi connectivity index (χ0n) is 10.0. The molecule has 1 unspecified atom stereocenters. The number of aromatic nitrogens is 1. The zero-order valence-corrected chi connectivity index (χ0v) is 11.6. The molecule has 3 rings (SSSR count). The minimum absolute atomic E-state index is 0.387. The van der Waals surface area contributed by atoms with Crippen LogP contribution in [0.4, 0.5) is 0 Å². The molecular formula is C14H15BrN2O. The fourth-order valence-electron chi connectivity index (χ4n) is 2.30. The molecule has 1 atom stereocenters. The lowest BCUT2D eigenvalue weighted by molar-refractivity contribution is 0.0769. The number of fused-ring (bicyclic) bond motifs is 1. The second kappa shape index (κ2) is 5.34. The fraction of sp³-hybridized carbons (Fsp3) is 0.357. The van der Waals surface area contributed by atoms with E-state index in [1.807, 2.05) is 18.2 Å². The van der Waals surface area contributed by atoms with E-state index in [0.29, 0.717) is 6.04 Å². The van der Waals surface area contributed by atoms with Crippen molar-refractivity contribution in [3.05, 3.63) is 40.5 Å². The minimum Gasteiger partial charge on any atom is -0.379 e. The van der Waals surface area contributed by atoms with Gasteiger partial charge in [0.15, 0.2) is 0 Å². The van der Waals surface area contributed by atoms with Crippen LogP contribution in [0.3, 0.4) is 0 Å². The number of pyridine rings is 1. The van der Waals surface area contributed by atoms with E-state index in [-0.39, 0.29) is 0 Å². The molecule has 3 nitrogen and oxygen atoms in total. The van der Waals surface area contributed by atoms with E-state index in [1.165, 1.54) is 10.9 Å². The van der Waals surface area contributed by atoms with Crippen LogP contribution in [-0.2, 0) is 11.2 Å². The molecule has 2 aromatic rings. The Balaban J connectivity index is 1.88. The van der Waals surface area contributed by atoms with Crippen molar-refractivity contribution in [3.8, 4) is 0 Å². The van der Waals surface area contributed by atoms with Gasteiger partial charge in [0.25, 0.3) is 0 Å². The highest BCUT2D eigenvalue weighted by Gasteiger charge is 2.15. The van der Waals surface area contributed by atoms with Crippen LogP contribution in [0, 0.1) is 0 Å². The van der Waals surface area contributed by atoms with Crippen LogP contribution in [0.15, 0.2) is 34.9 Å². The van der Waals surface area contributed by atoms with Crippen molar-refractivity contribution >= 4 is 26.8 Å². The van der Waals surface area contributed by atoms with E-state index in [0.717, 1.165) is 36.3 Å². The van der Waals surface area contributed by atoms with Gasteiger partial charge in [-0.1, -0.05) is 18.2 Å². The topological polar surface area (TPSA) is 34.1 Å². The third kappa shape index (κ3) is 2.55. The Bertz CT molecular complexity index is 552. The van der Waals surface area contributed by atoms with Crippen LogP contribution in [0.5, 0.6) is 0 Å². The highest BCUT2D eigenvalue weighted by atomic mass is 79.9. The summed E-state index contributed by atoms with van der Waals surface area (Å²) in [5.41, 5.74) is 2.26. The predicted molar refractivity (Wildman–Crippen MR) is 75.8 cm³/mol. The molecule has 1 aliphatic heterocycles. The van der Waals surface area contributed by atoms with Gasteiger partial charge in [-0.3, -0.25) is 0 Å². The van der Waals surface area contributed by atoms with Gasteiger partial charge in [0.05, 0.1) is 18.7 Å². The molecule has 1 aromatic heterocycles. The monoisotopic (exact) mass is 306 g/mol. The van der Waals surface area contributed by atoms with Gasteiger partial charge in [-0.15, -0.1) is 0 Å². The molecule has 2 heterocycles. The largest absolute Gasteiger partial charge is 0.379 e. The number of ether oxygens (including phenoxy) is 1. The molecule has 0 bridgehead atoms. The Morgan fingerprint density at radius 3 is 3.11 bits per heavy atom. The van der Waals surface area contributed by atoms with Crippen LogP contribution in [-0.4, -0.2) is 30.8 Å². The second-order valence-electron chi connectivity index (χ2n) is 4.56. The predicted octanol–water partition coefficient (Wildman–Crippen LogP) is 2.53. The Hall–Kier alpha value is -0.970. The minimum atomic E-state index is 0.387. The summed E-state index contributed by atoms with van der Waals surface area (Å²) in [4.78, 5) is 4.59. The lowest BCUT2D eigenvalue weighted by Gasteiger charge is -2.24. The third-order valence-corrected chi connectivity index (χ3v) is 3.90. The van der Waals surface area contributed by atoms with Gasteiger partial charge in [-0.05, 0) is 40.0 Å². The molecule has 4 heteroatoms. The van der Waals surface area contributed by atoms with Gasteiger partial charge in [0, 0.05) is 18.0 Å². The molecule has 0 radical (unpaired) electrons. The summed E-state index contributed by atoms with van der Waals surface area (Å²) in [6, 6.07) is 10.8. The second-order valence-corrected chi connectivity index (χ2v) is 5.31. The first-order chi connectivity index (χ1) is 8.83. The summed E-state index contributed by atoms with van der Waals surface area (Å²) in [6.07, 6.45) is 0.943. The van der Waals surface area contributed by atoms with Crippen LogP contribution in [0.1, 0.15) is 5.56 Å². The van der Waals surface area contributed by atoms with Gasteiger partial charge >= 0.3 is 0 Å². The van der Waals surface area contributed by atoms with Crippen molar-refractivity contribution < 1.29 is 4.74 Å². The van der Waals surface area contributed by atoms with E-state index in [1.54, 1.807) is 0 Å². The quantitative estimate of drug-likeness (QED) is 0.866. The summed E-state index contributed by atoms with van der Waals surface area (Å²) in [5.74, 6) is 0. The van der Waals surface area contributed by atoms with Crippen molar-refractivity contribution in [1.29, 1.82) is 0 Å². The lowest BCUT2D eigenvalue weighted by atomic mass is 10.1. The summed E-state index contributed by atoms with van der Waals surface area (Å²) < 4.78 is 6.42. The number of hydrogen-bond acceptors (Lipinski definition) is 3. The van der Waals surface area contributed by atoms with Gasteiger partial charge in [0.1, 0.15) is 4.60 Å². The van der Waals surface area contributed by atoms with E-state index in [2.05, 4.69) is 38.4 Å². The van der Waals surface area contributed by atoms with Crippen LogP contribution in [0.2, 0.25) is 0 Å². The van der Waals surface area contributed by atoms with Crippen molar-refractivity contribution in [2.24, 2.45) is 0 Å². The maximum atomic E-state index is 5.48. The molecule has 1 aliphatic rings. The smallest absolute Gasteiger partial charge is 0.110 e. The molecule has 1 saturated heterocycles. The Kier molecular flexibility index (Phi) is 3.59. The van der Waals surface area contributed by atoms with Crippen LogP contribution >= 0.6 is 15.9 Å². The third-order valence-electron chi connectivity index (χ3n) is 3.21. The Morgan fingerprint density at radius 2 is 2.28 bits per heavy atom. The van der Waals surface area contributed by atoms with Crippen molar-refractivity contribution in [3.63, 3.8) is 0 Å². The highest BCUT2D eigenvalue weighted by molar-refractivity contribution is 9.10. The molecule has 1 aromatic carbocycles. The number of halogens is 1. The molecule has 94 valence electrons. The molecule has 1 fully saturated rings. The maximum absolute atomic E-state index is 5.48. The fourth-order valence-corrected chi connectivity index (χ4v) is 2.76. The van der Waals surface area contributed by atoms with Crippen molar-refractivity contribution in [2.45, 2.75) is 12.5 Å². The zero-order chi connectivity index (χ0) is 12.4. The average Bonchev–Trinajstić information content (AvgIpc) is 2.41. The number of hydrogen-bond donors (Lipinski definition) is 1. The molecule has 18 heavy (non-hydrogen) atoms. The first-order valence-electron chi connectivity index (χ1n) is 6.18. The average molecular weight is 307 g/mol. The molecule has 0 aliphatic carbocycles. The standard InChI is InChI=1S/C14H15BrN2O/c15-14-11(8-12-9-18-6-5-16-12)7-10-3-1-2-4-13(10)17-14/h1-4,7,12,16H,5-6,8-9H2. The summed E-state index contributed by atoms with van der Waals surface area (Å²) in [7, 11) is 0. The molecular weight excluding hydrogens is 292 g/mol. The number of morpholine rings is 1. The van der Waals surface area contributed by atoms with Crippen LogP contribution < -0.4 is 5.32 Å². The van der Waals surface area contributed by atoms with E-state index in [4.69, 9.17) is 4.74 Å². The number of nitrogens with zero attached hydrogens (tertiary/aromatic N) is 1. The SMILES string of the molecule is Brc1nc2ccccc2cc1CC1COCCN1. The molecule has 0 amide bonds. The van der Waals surface area contributed by atoms with Crippen LogP contribution in [0.25, 0.3) is 10.9 Å². The number of nitrogens with one attached hydrogen (secondary N) is 1. The summed E-state index contributed by atoms with van der Waals surface area (Å²) in [5, 5.41) is 4.66. The number of para-hydroxylation sites is 1. The number of rotatable bonds is 2. The van der Waals surface area contributed by atoms with Gasteiger partial charge in [-0.2, -0.15) is 0 Å². The van der Waals surface area contributed by atoms with E-state index in [9.17, 15) is 0 Å². The Labute approximate surface area is 115 Å². The molecule has 0 saturated carbocycles.